The van der Waals surface area contributed by atoms with Crippen LogP contribution in [0.5, 0.6) is 0 Å². The zero-order valence-corrected chi connectivity index (χ0v) is 11.6. The van der Waals surface area contributed by atoms with Gasteiger partial charge in [-0.15, -0.1) is 0 Å². The number of hydrogen-bond acceptors (Lipinski definition) is 2. The van der Waals surface area contributed by atoms with Crippen LogP contribution in [-0.4, -0.2) is 11.0 Å². The zero-order valence-electron chi connectivity index (χ0n) is 11.6. The molecular formula is C17H22N2. The molecule has 1 aromatic carbocycles. The van der Waals surface area contributed by atoms with Crippen molar-refractivity contribution < 1.29 is 0 Å². The highest BCUT2D eigenvalue weighted by Crippen LogP contribution is 2.27. The standard InChI is InChI=1S/C17H22N2/c1-13(14-6-2-3-7-14)19-12-16-11-18-10-15-8-4-5-9-17(15)16/h4-5,8-11,13-14,19H,2-3,6-7,12H2,1H3/t13-/m0/s1. The van der Waals surface area contributed by atoms with Crippen LogP contribution in [0, 0.1) is 5.92 Å². The van der Waals surface area contributed by atoms with Crippen LogP contribution in [0.3, 0.4) is 0 Å². The normalized spacial score (nSPS) is 17.9. The second kappa shape index (κ2) is 5.70. The van der Waals surface area contributed by atoms with E-state index >= 15 is 0 Å². The van der Waals surface area contributed by atoms with Crippen LogP contribution in [-0.2, 0) is 6.54 Å². The molecule has 3 rings (SSSR count). The molecule has 19 heavy (non-hydrogen) atoms. The van der Waals surface area contributed by atoms with E-state index in [0.717, 1.165) is 12.5 Å². The van der Waals surface area contributed by atoms with Crippen LogP contribution in [0.4, 0.5) is 0 Å². The molecule has 1 fully saturated rings. The minimum Gasteiger partial charge on any atom is -0.310 e. The molecule has 0 saturated heterocycles. The first-order valence-corrected chi connectivity index (χ1v) is 7.39. The van der Waals surface area contributed by atoms with Crippen molar-refractivity contribution in [2.24, 2.45) is 5.92 Å². The lowest BCUT2D eigenvalue weighted by molar-refractivity contribution is 0.381. The van der Waals surface area contributed by atoms with E-state index in [0.29, 0.717) is 6.04 Å². The maximum atomic E-state index is 4.35. The molecule has 2 aromatic rings. The first-order chi connectivity index (χ1) is 9.34. The Hall–Kier alpha value is -1.41. The van der Waals surface area contributed by atoms with Gasteiger partial charge in [0.05, 0.1) is 0 Å². The van der Waals surface area contributed by atoms with Gasteiger partial charge >= 0.3 is 0 Å². The van der Waals surface area contributed by atoms with Gasteiger partial charge in [-0.1, -0.05) is 37.1 Å². The fourth-order valence-corrected chi connectivity index (χ4v) is 3.21. The second-order valence-corrected chi connectivity index (χ2v) is 5.73. The highest BCUT2D eigenvalue weighted by atomic mass is 14.9. The maximum absolute atomic E-state index is 4.35. The molecule has 1 saturated carbocycles. The van der Waals surface area contributed by atoms with E-state index in [2.05, 4.69) is 41.5 Å². The second-order valence-electron chi connectivity index (χ2n) is 5.73. The maximum Gasteiger partial charge on any atom is 0.0346 e. The van der Waals surface area contributed by atoms with Gasteiger partial charge < -0.3 is 5.32 Å². The van der Waals surface area contributed by atoms with E-state index in [1.165, 1.54) is 42.0 Å². The molecule has 1 atom stereocenters. The van der Waals surface area contributed by atoms with Crippen LogP contribution in [0.25, 0.3) is 10.8 Å². The Bertz CT molecular complexity index is 538. The summed E-state index contributed by atoms with van der Waals surface area (Å²) in [5.41, 5.74) is 1.31. The number of hydrogen-bond donors (Lipinski definition) is 1. The van der Waals surface area contributed by atoms with E-state index in [-0.39, 0.29) is 0 Å². The Morgan fingerprint density at radius 3 is 2.84 bits per heavy atom. The average molecular weight is 254 g/mol. The Balaban J connectivity index is 1.71. The minimum atomic E-state index is 0.612. The van der Waals surface area contributed by atoms with Crippen LogP contribution in [0.1, 0.15) is 38.2 Å². The van der Waals surface area contributed by atoms with Gasteiger partial charge in [0.2, 0.25) is 0 Å². The smallest absolute Gasteiger partial charge is 0.0346 e. The van der Waals surface area contributed by atoms with E-state index in [9.17, 15) is 0 Å². The predicted octanol–water partition coefficient (Wildman–Crippen LogP) is 3.90. The third kappa shape index (κ3) is 2.79. The Labute approximate surface area is 115 Å². The molecule has 100 valence electrons. The van der Waals surface area contributed by atoms with Gasteiger partial charge in [-0.05, 0) is 36.6 Å². The SMILES string of the molecule is C[C@H](NCc1cncc2ccccc12)C1CCCC1. The van der Waals surface area contributed by atoms with Crippen molar-refractivity contribution in [1.82, 2.24) is 10.3 Å². The van der Waals surface area contributed by atoms with Crippen molar-refractivity contribution >= 4 is 10.8 Å². The Morgan fingerprint density at radius 1 is 1.21 bits per heavy atom. The summed E-state index contributed by atoms with van der Waals surface area (Å²) in [4.78, 5) is 4.35. The van der Waals surface area contributed by atoms with Gasteiger partial charge in [0.25, 0.3) is 0 Å². The van der Waals surface area contributed by atoms with Crippen molar-refractivity contribution in [3.05, 3.63) is 42.2 Å². The summed E-state index contributed by atoms with van der Waals surface area (Å²) in [6.07, 6.45) is 9.54. The summed E-state index contributed by atoms with van der Waals surface area (Å²) in [5.74, 6) is 0.864. The van der Waals surface area contributed by atoms with Crippen molar-refractivity contribution in [3.63, 3.8) is 0 Å². The lowest BCUT2D eigenvalue weighted by Gasteiger charge is -2.20. The number of rotatable bonds is 4. The summed E-state index contributed by atoms with van der Waals surface area (Å²) in [5, 5.41) is 6.25. The molecule has 1 aliphatic rings. The fourth-order valence-electron chi connectivity index (χ4n) is 3.21. The van der Waals surface area contributed by atoms with Gasteiger partial charge in [-0.25, -0.2) is 0 Å². The number of nitrogens with one attached hydrogen (secondary N) is 1. The molecule has 0 bridgehead atoms. The third-order valence-corrected chi connectivity index (χ3v) is 4.47. The van der Waals surface area contributed by atoms with Crippen molar-refractivity contribution in [2.45, 2.75) is 45.2 Å². The van der Waals surface area contributed by atoms with Crippen LogP contribution < -0.4 is 5.32 Å². The zero-order chi connectivity index (χ0) is 13.1. The number of pyridine rings is 1. The molecule has 1 heterocycles. The summed E-state index contributed by atoms with van der Waals surface area (Å²) < 4.78 is 0. The minimum absolute atomic E-state index is 0.612. The van der Waals surface area contributed by atoms with E-state index in [1.54, 1.807) is 0 Å². The molecule has 1 N–H and O–H groups in total. The molecule has 0 spiro atoms. The number of benzene rings is 1. The molecule has 0 aliphatic heterocycles. The molecule has 1 aliphatic carbocycles. The molecule has 2 nitrogen and oxygen atoms in total. The first-order valence-electron chi connectivity index (χ1n) is 7.39. The number of aromatic nitrogens is 1. The van der Waals surface area contributed by atoms with E-state index in [4.69, 9.17) is 0 Å². The van der Waals surface area contributed by atoms with Gasteiger partial charge in [0.15, 0.2) is 0 Å². The lowest BCUT2D eigenvalue weighted by atomic mass is 9.99. The Morgan fingerprint density at radius 2 is 2.00 bits per heavy atom. The summed E-state index contributed by atoms with van der Waals surface area (Å²) in [7, 11) is 0. The molecule has 0 radical (unpaired) electrons. The summed E-state index contributed by atoms with van der Waals surface area (Å²) in [6.45, 7) is 3.25. The molecule has 0 unspecified atom stereocenters. The molecule has 1 aromatic heterocycles. The van der Waals surface area contributed by atoms with E-state index in [1.807, 2.05) is 12.4 Å². The molecule has 2 heteroatoms. The van der Waals surface area contributed by atoms with Gasteiger partial charge in [-0.2, -0.15) is 0 Å². The fraction of sp³-hybridized carbons (Fsp3) is 0.471. The lowest BCUT2D eigenvalue weighted by Crippen LogP contribution is -2.31. The number of nitrogens with zero attached hydrogens (tertiary/aromatic N) is 1. The van der Waals surface area contributed by atoms with Crippen LogP contribution >= 0.6 is 0 Å². The molecule has 0 amide bonds. The average Bonchev–Trinajstić information content (AvgIpc) is 2.99. The molecular weight excluding hydrogens is 232 g/mol. The topological polar surface area (TPSA) is 24.9 Å². The highest BCUT2D eigenvalue weighted by Gasteiger charge is 2.20. The highest BCUT2D eigenvalue weighted by molar-refractivity contribution is 5.84. The van der Waals surface area contributed by atoms with Crippen LogP contribution in [0.15, 0.2) is 36.7 Å². The third-order valence-electron chi connectivity index (χ3n) is 4.47. The van der Waals surface area contributed by atoms with Gasteiger partial charge in [0.1, 0.15) is 0 Å². The number of fused-ring (bicyclic) bond motifs is 1. The van der Waals surface area contributed by atoms with Crippen LogP contribution in [0.2, 0.25) is 0 Å². The van der Waals surface area contributed by atoms with E-state index < -0.39 is 0 Å². The van der Waals surface area contributed by atoms with Crippen molar-refractivity contribution in [1.29, 1.82) is 0 Å². The largest absolute Gasteiger partial charge is 0.310 e. The Kier molecular flexibility index (Phi) is 3.79. The monoisotopic (exact) mass is 254 g/mol. The van der Waals surface area contributed by atoms with Crippen molar-refractivity contribution in [2.75, 3.05) is 0 Å². The first kappa shape index (κ1) is 12.6. The quantitative estimate of drug-likeness (QED) is 0.895. The predicted molar refractivity (Wildman–Crippen MR) is 80.0 cm³/mol. The van der Waals surface area contributed by atoms with Gasteiger partial charge in [-0.3, -0.25) is 4.98 Å². The van der Waals surface area contributed by atoms with Gasteiger partial charge in [0, 0.05) is 30.4 Å². The van der Waals surface area contributed by atoms with Crippen molar-refractivity contribution in [3.8, 4) is 0 Å². The summed E-state index contributed by atoms with van der Waals surface area (Å²) in [6, 6.07) is 9.11. The summed E-state index contributed by atoms with van der Waals surface area (Å²) >= 11 is 0.